The maximum atomic E-state index is 3.56. The van der Waals surface area contributed by atoms with Crippen LogP contribution in [0.5, 0.6) is 0 Å². The van der Waals surface area contributed by atoms with Crippen molar-refractivity contribution < 1.29 is 26.2 Å². The summed E-state index contributed by atoms with van der Waals surface area (Å²) in [6.07, 6.45) is 22.0. The Balaban J connectivity index is 0.000000271. The van der Waals surface area contributed by atoms with Gasteiger partial charge in [-0.25, -0.2) is 12.1 Å². The largest absolute Gasteiger partial charge is 2.00 e. The molecule has 3 aromatic rings. The van der Waals surface area contributed by atoms with Crippen LogP contribution in [0.4, 0.5) is 0 Å². The van der Waals surface area contributed by atoms with Crippen LogP contribution in [0.2, 0.25) is 0 Å². The summed E-state index contributed by atoms with van der Waals surface area (Å²) in [7, 11) is -0.614. The van der Waals surface area contributed by atoms with Gasteiger partial charge in [-0.3, -0.25) is 5.82 Å². The first kappa shape index (κ1) is 27.0. The Bertz CT molecular complexity index is 773. The maximum Gasteiger partial charge on any atom is 2.00 e. The zero-order valence-electron chi connectivity index (χ0n) is 17.8. The minimum atomic E-state index is -0.614. The Morgan fingerprint density at radius 2 is 1.03 bits per heavy atom. The fourth-order valence-electron chi connectivity index (χ4n) is 2.68. The first-order valence-electron chi connectivity index (χ1n) is 10.1. The predicted octanol–water partition coefficient (Wildman–Crippen LogP) is 6.23. The van der Waals surface area contributed by atoms with Crippen LogP contribution in [-0.4, -0.2) is 0 Å². The summed E-state index contributed by atoms with van der Waals surface area (Å²) in [6.45, 7) is 0. The van der Waals surface area contributed by atoms with E-state index in [0.29, 0.717) is 0 Å². The number of rotatable bonds is 4. The third kappa shape index (κ3) is 10.6. The smallest absolute Gasteiger partial charge is 0.308 e. The molecule has 2 saturated carbocycles. The van der Waals surface area contributed by atoms with E-state index < -0.39 is 7.92 Å². The van der Waals surface area contributed by atoms with E-state index in [-0.39, 0.29) is 26.2 Å². The minimum absolute atomic E-state index is 0. The molecule has 153 valence electrons. The predicted molar refractivity (Wildman–Crippen MR) is 134 cm³/mol. The molecule has 0 atom stereocenters. The molecule has 0 N–H and O–H groups in total. The third-order valence-electron chi connectivity index (χ3n) is 4.16. The molecule has 2 aliphatic carbocycles. The molecule has 0 nitrogen and oxygen atoms in total. The Morgan fingerprint density at radius 1 is 0.594 bits per heavy atom. The van der Waals surface area contributed by atoms with Gasteiger partial charge in [0.1, 0.15) is 0 Å². The first-order valence-corrected chi connectivity index (χ1v) is 11.5. The standard InChI is InChI=1S/C20H14P.2C5H5.Zr/c1-4-10-18(11-5-1)16-17-21(19-12-6-2-7-13-19)20-14-8-3-9-15-20;2*1-2-4-5-3-1;/h1-4,6-10,12-16H;2*1-5H;/q-2;;;+2. The second kappa shape index (κ2) is 17.2. The van der Waals surface area contributed by atoms with Crippen molar-refractivity contribution in [2.75, 3.05) is 0 Å². The van der Waals surface area contributed by atoms with Crippen LogP contribution >= 0.6 is 7.92 Å². The third-order valence-corrected chi connectivity index (χ3v) is 6.18. The van der Waals surface area contributed by atoms with Crippen molar-refractivity contribution in [3.63, 3.8) is 0 Å². The van der Waals surface area contributed by atoms with Crippen molar-refractivity contribution in [2.45, 2.75) is 0 Å². The molecule has 0 unspecified atom stereocenters. The van der Waals surface area contributed by atoms with Crippen molar-refractivity contribution in [1.29, 1.82) is 0 Å². The van der Waals surface area contributed by atoms with Gasteiger partial charge in [-0.15, -0.1) is 20.1 Å². The molecule has 2 aliphatic rings. The van der Waals surface area contributed by atoms with Gasteiger partial charge in [0, 0.05) is 0 Å². The summed E-state index contributed by atoms with van der Waals surface area (Å²) in [6, 6.07) is 33.0. The molecule has 0 bridgehead atoms. The summed E-state index contributed by atoms with van der Waals surface area (Å²) in [5, 5.41) is 2.60. The average Bonchev–Trinajstić information content (AvgIpc) is 3.61. The van der Waals surface area contributed by atoms with Crippen LogP contribution in [0, 0.1) is 82.2 Å². The van der Waals surface area contributed by atoms with Gasteiger partial charge in [-0.2, -0.15) is 6.07 Å². The number of benzene rings is 3. The molecular weight excluding hydrogens is 483 g/mol. The summed E-state index contributed by atoms with van der Waals surface area (Å²) in [4.78, 5) is 0. The number of hydrogen-bond acceptors (Lipinski definition) is 0. The molecule has 2 fully saturated rings. The molecule has 5 rings (SSSR count). The molecule has 32 heavy (non-hydrogen) atoms. The monoisotopic (exact) mass is 505 g/mol. The molecule has 0 amide bonds. The maximum absolute atomic E-state index is 3.56. The van der Waals surface area contributed by atoms with Crippen LogP contribution in [0.15, 0.2) is 78.9 Å². The SMILES string of the molecule is [CH]1[CH][CH][CH][CH]1.[CH]1[CH][CH][CH][CH]1.[Zr+2].[c]1[c-]c(C=[C-]P(c2ccccc2)c2ccccc2)ccc1. The zero-order valence-corrected chi connectivity index (χ0v) is 21.2. The van der Waals surface area contributed by atoms with E-state index in [4.69, 9.17) is 0 Å². The van der Waals surface area contributed by atoms with Crippen LogP contribution < -0.4 is 10.6 Å². The molecule has 0 aliphatic heterocycles. The minimum Gasteiger partial charge on any atom is -0.308 e. The second-order valence-electron chi connectivity index (χ2n) is 6.45. The van der Waals surface area contributed by atoms with E-state index in [9.17, 15) is 0 Å². The molecule has 0 spiro atoms. The average molecular weight is 507 g/mol. The Hall–Kier alpha value is -1.29. The molecule has 3 aromatic carbocycles. The molecule has 0 saturated heterocycles. The molecule has 2 heteroatoms. The van der Waals surface area contributed by atoms with Crippen molar-refractivity contribution >= 4 is 24.6 Å². The van der Waals surface area contributed by atoms with Gasteiger partial charge >= 0.3 is 26.2 Å². The number of hydrogen-bond donors (Lipinski definition) is 0. The van der Waals surface area contributed by atoms with Crippen LogP contribution in [-0.2, 0) is 26.2 Å². The topological polar surface area (TPSA) is 0 Å². The molecule has 0 heterocycles. The van der Waals surface area contributed by atoms with Crippen LogP contribution in [0.1, 0.15) is 5.56 Å². The van der Waals surface area contributed by atoms with E-state index in [1.165, 1.54) is 10.6 Å². The molecule has 0 aromatic heterocycles. The Kier molecular flexibility index (Phi) is 14.5. The van der Waals surface area contributed by atoms with E-state index >= 15 is 0 Å². The zero-order chi connectivity index (χ0) is 21.4. The van der Waals surface area contributed by atoms with Crippen molar-refractivity contribution in [3.05, 3.63) is 167 Å². The van der Waals surface area contributed by atoms with Gasteiger partial charge in [0.05, 0.1) is 0 Å². The summed E-state index contributed by atoms with van der Waals surface area (Å²) in [5.74, 6) is 3.56. The van der Waals surface area contributed by atoms with Gasteiger partial charge in [0.25, 0.3) is 0 Å². The van der Waals surface area contributed by atoms with Crippen LogP contribution in [0.3, 0.4) is 0 Å². The van der Waals surface area contributed by atoms with Crippen LogP contribution in [0.25, 0.3) is 6.08 Å². The Morgan fingerprint density at radius 3 is 1.41 bits per heavy atom. The van der Waals surface area contributed by atoms with Crippen molar-refractivity contribution in [2.24, 2.45) is 0 Å². The quantitative estimate of drug-likeness (QED) is 0.291. The summed E-state index contributed by atoms with van der Waals surface area (Å²) >= 11 is 0. The van der Waals surface area contributed by atoms with Gasteiger partial charge in [-0.1, -0.05) is 60.7 Å². The van der Waals surface area contributed by atoms with Crippen molar-refractivity contribution in [3.8, 4) is 0 Å². The van der Waals surface area contributed by atoms with E-state index in [2.05, 4.69) is 66.5 Å². The van der Waals surface area contributed by atoms with Gasteiger partial charge < -0.3 is 11.6 Å². The fourth-order valence-corrected chi connectivity index (χ4v) is 4.48. The van der Waals surface area contributed by atoms with E-state index in [1.54, 1.807) is 0 Å². The van der Waals surface area contributed by atoms with Gasteiger partial charge in [0.15, 0.2) is 0 Å². The van der Waals surface area contributed by atoms with E-state index in [0.717, 1.165) is 5.56 Å². The van der Waals surface area contributed by atoms with Crippen molar-refractivity contribution in [1.82, 2.24) is 0 Å². The molecule has 11 radical (unpaired) electrons. The molecular formula is C30H24PZr. The summed E-state index contributed by atoms with van der Waals surface area (Å²) in [5.41, 5.74) is 1.01. The first-order chi connectivity index (χ1) is 15.4. The summed E-state index contributed by atoms with van der Waals surface area (Å²) < 4.78 is 0. The Labute approximate surface area is 216 Å². The van der Waals surface area contributed by atoms with Gasteiger partial charge in [-0.05, 0) is 74.8 Å². The normalized spacial score (nSPS) is 14.8. The van der Waals surface area contributed by atoms with Gasteiger partial charge in [0.2, 0.25) is 0 Å². The van der Waals surface area contributed by atoms with E-state index in [1.807, 2.05) is 101 Å². The fraction of sp³-hybridized carbons (Fsp3) is 0. The second-order valence-corrected chi connectivity index (χ2v) is 8.42.